The van der Waals surface area contributed by atoms with E-state index in [1.165, 1.54) is 12.1 Å². The van der Waals surface area contributed by atoms with Crippen LogP contribution in [0.25, 0.3) is 21.5 Å². The average molecular weight is 1010 g/mol. The highest BCUT2D eigenvalue weighted by atomic mass is 32.2. The Morgan fingerprint density at radius 3 is 1.77 bits per heavy atom. The fourth-order valence-corrected chi connectivity index (χ4v) is 12.3. The highest BCUT2D eigenvalue weighted by Crippen LogP contribution is 2.52. The van der Waals surface area contributed by atoms with Crippen molar-refractivity contribution in [2.24, 2.45) is 0 Å². The molecule has 1 amide bonds. The molecule has 2 aliphatic heterocycles. The zero-order valence-electron chi connectivity index (χ0n) is 36.5. The molecule has 0 aromatic heterocycles. The van der Waals surface area contributed by atoms with E-state index in [1.807, 2.05) is 56.2 Å². The first-order valence-electron chi connectivity index (χ1n) is 20.4. The fraction of sp³-hybridized carbons (Fsp3) is 0.349. The molecule has 0 unspecified atom stereocenters. The predicted molar refractivity (Wildman–Crippen MR) is 249 cm³/mol. The molecule has 4 aromatic carbocycles. The van der Waals surface area contributed by atoms with Gasteiger partial charge >= 0.3 is 0 Å². The van der Waals surface area contributed by atoms with Crippen molar-refractivity contribution < 1.29 is 69.7 Å². The van der Waals surface area contributed by atoms with E-state index in [0.717, 1.165) is 17.5 Å². The van der Waals surface area contributed by atoms with Gasteiger partial charge in [0.2, 0.25) is 11.6 Å². The first-order valence-corrected chi connectivity index (χ1v) is 27.9. The summed E-state index contributed by atoms with van der Waals surface area (Å²) in [6.07, 6.45) is 7.03. The van der Waals surface area contributed by atoms with Gasteiger partial charge in [-0.3, -0.25) is 23.0 Å². The number of hydrogen-bond donors (Lipinski definition) is 5. The number of fused-ring (bicyclic) bond motifs is 6. The molecular formula is C43H50N3O15S5+. The minimum absolute atomic E-state index is 0.00141. The van der Waals surface area contributed by atoms with Crippen molar-refractivity contribution in [1.82, 2.24) is 5.32 Å². The summed E-state index contributed by atoms with van der Waals surface area (Å²) in [5.74, 6) is -0.612. The lowest BCUT2D eigenvalue weighted by Crippen LogP contribution is -2.28. The normalized spacial score (nSPS) is 17.0. The minimum Gasteiger partial charge on any atom is -0.355 e. The number of allylic oxidation sites excluding steroid dienone is 4. The van der Waals surface area contributed by atoms with Crippen molar-refractivity contribution in [3.05, 3.63) is 95.6 Å². The van der Waals surface area contributed by atoms with Gasteiger partial charge < -0.3 is 10.2 Å². The lowest BCUT2D eigenvalue weighted by molar-refractivity contribution is -0.438. The Labute approximate surface area is 384 Å². The predicted octanol–water partition coefficient (Wildman–Crippen LogP) is 5.85. The van der Waals surface area contributed by atoms with Crippen LogP contribution >= 0.6 is 0 Å². The van der Waals surface area contributed by atoms with Crippen molar-refractivity contribution in [3.8, 4) is 0 Å². The van der Waals surface area contributed by atoms with Crippen molar-refractivity contribution >= 4 is 94.8 Å². The van der Waals surface area contributed by atoms with Crippen LogP contribution in [0.2, 0.25) is 0 Å². The molecule has 2 aliphatic rings. The molecule has 6 rings (SSSR count). The molecule has 5 N–H and O–H groups in total. The van der Waals surface area contributed by atoms with Crippen LogP contribution in [0.3, 0.4) is 0 Å². The molecule has 2 heterocycles. The molecule has 18 nitrogen and oxygen atoms in total. The van der Waals surface area contributed by atoms with Crippen LogP contribution in [0, 0.1) is 0 Å². The van der Waals surface area contributed by atoms with Gasteiger partial charge in [-0.15, -0.1) is 0 Å². The number of carbonyl (C=O) groups excluding carboxylic acids is 1. The fourth-order valence-electron chi connectivity index (χ4n) is 9.05. The van der Waals surface area contributed by atoms with Gasteiger partial charge in [0.15, 0.2) is 15.5 Å². The summed E-state index contributed by atoms with van der Waals surface area (Å²) in [6, 6.07) is 9.87. The summed E-state index contributed by atoms with van der Waals surface area (Å²) >= 11 is 0. The second-order valence-electron chi connectivity index (χ2n) is 17.0. The summed E-state index contributed by atoms with van der Waals surface area (Å²) in [6.45, 7) is 13.2. The third kappa shape index (κ3) is 9.76. The Hall–Kier alpha value is -4.85. The Morgan fingerprint density at radius 1 is 0.712 bits per heavy atom. The van der Waals surface area contributed by atoms with Crippen molar-refractivity contribution in [3.63, 3.8) is 0 Å². The summed E-state index contributed by atoms with van der Waals surface area (Å²) in [7, 11) is -23.4. The minimum atomic E-state index is -5.01. The van der Waals surface area contributed by atoms with E-state index in [2.05, 4.69) is 11.9 Å². The summed E-state index contributed by atoms with van der Waals surface area (Å²) in [5.41, 5.74) is 1.55. The number of carbonyl (C=O) groups is 1. The molecule has 23 heteroatoms. The molecule has 0 saturated heterocycles. The smallest absolute Gasteiger partial charge is 0.295 e. The van der Waals surface area contributed by atoms with Crippen molar-refractivity contribution in [1.29, 1.82) is 0 Å². The quantitative estimate of drug-likeness (QED) is 0.0471. The van der Waals surface area contributed by atoms with Gasteiger partial charge in [0, 0.05) is 76.6 Å². The van der Waals surface area contributed by atoms with Crippen LogP contribution < -0.4 is 10.2 Å². The van der Waals surface area contributed by atoms with Crippen LogP contribution in [0.15, 0.2) is 104 Å². The summed E-state index contributed by atoms with van der Waals surface area (Å²) in [5, 5.41) is 3.74. The molecule has 0 radical (unpaired) electrons. The van der Waals surface area contributed by atoms with E-state index in [9.17, 15) is 65.1 Å². The molecule has 0 saturated carbocycles. The number of rotatable bonds is 17. The van der Waals surface area contributed by atoms with E-state index in [1.54, 1.807) is 18.2 Å². The van der Waals surface area contributed by atoms with Crippen LogP contribution in [0.4, 0.5) is 11.4 Å². The Morgan fingerprint density at radius 2 is 1.26 bits per heavy atom. The highest BCUT2D eigenvalue weighted by Gasteiger charge is 2.47. The summed E-state index contributed by atoms with van der Waals surface area (Å²) in [4.78, 5) is 11.5. The molecule has 0 bridgehead atoms. The molecule has 4 aromatic rings. The SMILES string of the molecule is C=CS(=O)(=O)CCNC(=O)CCCCC[N+]1=C(C=CC=C2N(CC)c3ccc4c(S(=O)(=O)O)cc(S(=O)(=O)O)cc4c3C2(C)C)C(C)(C)c2c1ccc1c(S(=O)(=O)O)cc(S(=O)(=O)O)cc21. The van der Waals surface area contributed by atoms with E-state index in [4.69, 9.17) is 0 Å². The molecule has 0 spiro atoms. The van der Waals surface area contributed by atoms with Crippen LogP contribution in [0.1, 0.15) is 71.4 Å². The molecular weight excluding hydrogens is 959 g/mol. The Balaban J connectivity index is 1.45. The van der Waals surface area contributed by atoms with Crippen LogP contribution in [-0.4, -0.2) is 102 Å². The lowest BCUT2D eigenvalue weighted by Gasteiger charge is -2.26. The number of unbranched alkanes of at least 4 members (excludes halogenated alkanes) is 2. The van der Waals surface area contributed by atoms with Crippen LogP contribution in [0.5, 0.6) is 0 Å². The largest absolute Gasteiger partial charge is 0.355 e. The highest BCUT2D eigenvalue weighted by molar-refractivity contribution is 7.94. The first-order chi connectivity index (χ1) is 30.4. The molecule has 0 aliphatic carbocycles. The Kier molecular flexibility index (Phi) is 13.5. The third-order valence-electron chi connectivity index (χ3n) is 12.0. The van der Waals surface area contributed by atoms with E-state index >= 15 is 0 Å². The molecule has 0 fully saturated rings. The maximum atomic E-state index is 12.6. The number of benzene rings is 4. The number of amides is 1. The van der Waals surface area contributed by atoms with Gasteiger partial charge in [0.1, 0.15) is 16.3 Å². The summed E-state index contributed by atoms with van der Waals surface area (Å²) < 4.78 is 166. The van der Waals surface area contributed by atoms with E-state index in [0.29, 0.717) is 78.4 Å². The van der Waals surface area contributed by atoms with Gasteiger partial charge in [-0.2, -0.15) is 38.2 Å². The zero-order valence-corrected chi connectivity index (χ0v) is 40.6. The third-order valence-corrected chi connectivity index (χ3v) is 16.7. The van der Waals surface area contributed by atoms with Crippen molar-refractivity contribution in [2.75, 3.05) is 30.3 Å². The lowest BCUT2D eigenvalue weighted by atomic mass is 9.78. The number of nitrogens with zero attached hydrogens (tertiary/aromatic N) is 2. The van der Waals surface area contributed by atoms with Gasteiger partial charge in [-0.25, -0.2) is 8.42 Å². The van der Waals surface area contributed by atoms with E-state index < -0.39 is 80.7 Å². The van der Waals surface area contributed by atoms with Gasteiger partial charge in [-0.1, -0.05) is 32.6 Å². The topological polar surface area (TPSA) is 287 Å². The average Bonchev–Trinajstić information content (AvgIpc) is 3.56. The molecule has 356 valence electrons. The van der Waals surface area contributed by atoms with Crippen LogP contribution in [-0.2, 0) is 65.9 Å². The standard InChI is InChI=1S/C43H49N3O15S5/c1-7-45-33-18-16-29-31(23-27(63(50,51)52)25-35(29)65(56,57)58)40(33)42(3,4)37(45)13-12-14-38-43(5,6)41-32-24-28(64(53,54)55)26-36(66(59,60)61)30(32)17-19-34(41)46(38)21-11-9-10-15-39(47)44-20-22-62(48,49)8-2/h8,12-14,16-19,23-26H,2,7,9-11,15,20-22H2,1,3-6H3,(H4-,44,47,50,51,52,53,54,55,56,57,58,59,60,61)/p+1. The monoisotopic (exact) mass is 1010 g/mol. The second-order valence-corrected chi connectivity index (χ2v) is 24.7. The number of nitrogens with one attached hydrogen (secondary N) is 1. The molecule has 66 heavy (non-hydrogen) atoms. The second kappa shape index (κ2) is 17.7. The number of anilines is 1. The maximum Gasteiger partial charge on any atom is 0.295 e. The number of sulfone groups is 1. The number of likely N-dealkylation sites (N-methyl/N-ethyl adjacent to an activating group) is 1. The molecule has 0 atom stereocenters. The van der Waals surface area contributed by atoms with Gasteiger partial charge in [0.25, 0.3) is 40.5 Å². The Bertz CT molecular complexity index is 3410. The van der Waals surface area contributed by atoms with Gasteiger partial charge in [-0.05, 0) is 92.4 Å². The first kappa shape index (κ1) is 50.6. The maximum absolute atomic E-state index is 12.6. The van der Waals surface area contributed by atoms with E-state index in [-0.39, 0.29) is 46.2 Å². The van der Waals surface area contributed by atoms with Crippen molar-refractivity contribution in [2.45, 2.75) is 90.7 Å². The zero-order chi connectivity index (χ0) is 49.2. The number of hydrogen-bond acceptors (Lipinski definition) is 12. The van der Waals surface area contributed by atoms with Gasteiger partial charge in [0.05, 0.1) is 21.0 Å².